The molecule has 0 aromatic rings. The van der Waals surface area contributed by atoms with Gasteiger partial charge in [-0.1, -0.05) is 42.9 Å². The summed E-state index contributed by atoms with van der Waals surface area (Å²) < 4.78 is 0. The average molecular weight is 190 g/mol. The molecule has 0 aliphatic rings. The van der Waals surface area contributed by atoms with E-state index in [1.54, 1.807) is 0 Å². The van der Waals surface area contributed by atoms with Crippen molar-refractivity contribution in [2.75, 3.05) is 0 Å². The summed E-state index contributed by atoms with van der Waals surface area (Å²) >= 11 is 0. The second-order valence-corrected chi connectivity index (χ2v) is 3.93. The zero-order chi connectivity index (χ0) is 11.1. The van der Waals surface area contributed by atoms with Crippen LogP contribution in [0.5, 0.6) is 0 Å². The van der Waals surface area contributed by atoms with Gasteiger partial charge in [0.2, 0.25) is 0 Å². The third kappa shape index (κ3) is 5.58. The average Bonchev–Trinajstić information content (AvgIpc) is 2.02. The monoisotopic (exact) mass is 190 g/mol. The van der Waals surface area contributed by atoms with E-state index in [4.69, 9.17) is 0 Å². The summed E-state index contributed by atoms with van der Waals surface area (Å²) in [6.07, 6.45) is 7.61. The number of hydrogen-bond donors (Lipinski definition) is 0. The van der Waals surface area contributed by atoms with Crippen LogP contribution in [0.4, 0.5) is 0 Å². The Labute approximate surface area is 88.7 Å². The SMILES string of the molecule is C=C(C=C(C)C)/C(C)=C\C(C)=C/CC. The van der Waals surface area contributed by atoms with Gasteiger partial charge in [0.25, 0.3) is 0 Å². The van der Waals surface area contributed by atoms with Crippen LogP contribution in [0.3, 0.4) is 0 Å². The molecular weight excluding hydrogens is 168 g/mol. The molecule has 0 heteroatoms. The minimum absolute atomic E-state index is 1.09. The maximum Gasteiger partial charge on any atom is -0.0300 e. The Morgan fingerprint density at radius 1 is 1.07 bits per heavy atom. The van der Waals surface area contributed by atoms with Crippen molar-refractivity contribution in [3.63, 3.8) is 0 Å². The summed E-state index contributed by atoms with van der Waals surface area (Å²) in [6, 6.07) is 0. The van der Waals surface area contributed by atoms with Crippen LogP contribution in [0.2, 0.25) is 0 Å². The van der Waals surface area contributed by atoms with Crippen molar-refractivity contribution >= 4 is 0 Å². The Bertz CT molecular complexity index is 281. The molecule has 0 nitrogen and oxygen atoms in total. The Morgan fingerprint density at radius 3 is 2.07 bits per heavy atom. The molecule has 0 fully saturated rings. The van der Waals surface area contributed by atoms with Crippen molar-refractivity contribution in [1.82, 2.24) is 0 Å². The zero-order valence-corrected chi connectivity index (χ0v) is 10.1. The summed E-state index contributed by atoms with van der Waals surface area (Å²) in [5.41, 5.74) is 4.95. The molecule has 0 unspecified atom stereocenters. The fraction of sp³-hybridized carbons (Fsp3) is 0.429. The minimum Gasteiger partial charge on any atom is -0.0915 e. The van der Waals surface area contributed by atoms with Gasteiger partial charge < -0.3 is 0 Å². The first-order chi connectivity index (χ1) is 6.47. The smallest absolute Gasteiger partial charge is 0.0300 e. The molecule has 0 spiro atoms. The Hall–Kier alpha value is -1.04. The van der Waals surface area contributed by atoms with Crippen LogP contribution in [0.25, 0.3) is 0 Å². The lowest BCUT2D eigenvalue weighted by atomic mass is 10.0. The molecule has 0 aromatic heterocycles. The highest BCUT2D eigenvalue weighted by atomic mass is 14.0. The molecule has 0 heterocycles. The summed E-state index contributed by atoms with van der Waals surface area (Å²) in [4.78, 5) is 0. The maximum atomic E-state index is 4.04. The van der Waals surface area contributed by atoms with Gasteiger partial charge in [-0.25, -0.2) is 0 Å². The fourth-order valence-electron chi connectivity index (χ4n) is 1.28. The van der Waals surface area contributed by atoms with E-state index < -0.39 is 0 Å². The lowest BCUT2D eigenvalue weighted by molar-refractivity contribution is 1.19. The minimum atomic E-state index is 1.09. The van der Waals surface area contributed by atoms with E-state index in [0.29, 0.717) is 0 Å². The molecule has 0 aliphatic heterocycles. The molecule has 0 amide bonds. The predicted octanol–water partition coefficient (Wildman–Crippen LogP) is 4.81. The predicted molar refractivity (Wildman–Crippen MR) is 66.4 cm³/mol. The van der Waals surface area contributed by atoms with Crippen molar-refractivity contribution in [3.05, 3.63) is 47.1 Å². The normalized spacial score (nSPS) is 12.6. The summed E-state index contributed by atoms with van der Waals surface area (Å²) in [5.74, 6) is 0. The number of rotatable bonds is 4. The zero-order valence-electron chi connectivity index (χ0n) is 10.1. The molecule has 78 valence electrons. The Morgan fingerprint density at radius 2 is 1.64 bits per heavy atom. The summed E-state index contributed by atoms with van der Waals surface area (Å²) in [7, 11) is 0. The highest BCUT2D eigenvalue weighted by Gasteiger charge is 1.93. The lowest BCUT2D eigenvalue weighted by Gasteiger charge is -2.02. The van der Waals surface area contributed by atoms with Crippen molar-refractivity contribution in [3.8, 4) is 0 Å². The van der Waals surface area contributed by atoms with Crippen molar-refractivity contribution in [2.24, 2.45) is 0 Å². The van der Waals surface area contributed by atoms with E-state index in [-0.39, 0.29) is 0 Å². The van der Waals surface area contributed by atoms with E-state index in [1.165, 1.54) is 16.7 Å². The van der Waals surface area contributed by atoms with Gasteiger partial charge in [-0.2, -0.15) is 0 Å². The van der Waals surface area contributed by atoms with Gasteiger partial charge in [0.05, 0.1) is 0 Å². The van der Waals surface area contributed by atoms with E-state index in [2.05, 4.69) is 59.4 Å². The molecule has 0 radical (unpaired) electrons. The first-order valence-corrected chi connectivity index (χ1v) is 5.16. The number of allylic oxidation sites excluding steroid dienone is 7. The van der Waals surface area contributed by atoms with Gasteiger partial charge in [-0.3, -0.25) is 0 Å². The quantitative estimate of drug-likeness (QED) is 0.558. The van der Waals surface area contributed by atoms with Gasteiger partial charge in [0.1, 0.15) is 0 Å². The van der Waals surface area contributed by atoms with Crippen LogP contribution < -0.4 is 0 Å². The molecule has 0 aliphatic carbocycles. The Kier molecular flexibility index (Phi) is 5.94. The maximum absolute atomic E-state index is 4.04. The third-order valence-corrected chi connectivity index (χ3v) is 1.94. The molecule has 0 bridgehead atoms. The highest BCUT2D eigenvalue weighted by molar-refractivity contribution is 5.40. The van der Waals surface area contributed by atoms with Crippen LogP contribution in [-0.2, 0) is 0 Å². The summed E-state index contributed by atoms with van der Waals surface area (Å²) in [5, 5.41) is 0. The molecule has 0 atom stereocenters. The molecule has 0 saturated heterocycles. The van der Waals surface area contributed by atoms with Crippen molar-refractivity contribution < 1.29 is 0 Å². The van der Waals surface area contributed by atoms with Crippen LogP contribution in [-0.4, -0.2) is 0 Å². The largest absolute Gasteiger partial charge is 0.0915 e. The van der Waals surface area contributed by atoms with E-state index in [1.807, 2.05) is 0 Å². The van der Waals surface area contributed by atoms with Crippen LogP contribution in [0, 0.1) is 0 Å². The van der Waals surface area contributed by atoms with E-state index in [9.17, 15) is 0 Å². The molecule has 0 saturated carbocycles. The highest BCUT2D eigenvalue weighted by Crippen LogP contribution is 2.13. The molecule has 0 rings (SSSR count). The topological polar surface area (TPSA) is 0 Å². The standard InChI is InChI=1S/C14H22/c1-7-8-12(4)10-14(6)13(5)9-11(2)3/h8-10H,5,7H2,1-4,6H3/b12-8-,14-10-. The number of hydrogen-bond acceptors (Lipinski definition) is 0. The van der Waals surface area contributed by atoms with Gasteiger partial charge in [0, 0.05) is 0 Å². The van der Waals surface area contributed by atoms with Crippen LogP contribution >= 0.6 is 0 Å². The van der Waals surface area contributed by atoms with E-state index in [0.717, 1.165) is 12.0 Å². The first kappa shape index (κ1) is 13.0. The van der Waals surface area contributed by atoms with Gasteiger partial charge in [-0.15, -0.1) is 0 Å². The summed E-state index contributed by atoms with van der Waals surface area (Å²) in [6.45, 7) is 14.6. The fourth-order valence-corrected chi connectivity index (χ4v) is 1.28. The third-order valence-electron chi connectivity index (χ3n) is 1.94. The van der Waals surface area contributed by atoms with Crippen molar-refractivity contribution in [2.45, 2.75) is 41.0 Å². The van der Waals surface area contributed by atoms with Crippen LogP contribution in [0.15, 0.2) is 47.1 Å². The van der Waals surface area contributed by atoms with E-state index >= 15 is 0 Å². The lowest BCUT2D eigenvalue weighted by Crippen LogP contribution is -1.81. The van der Waals surface area contributed by atoms with Crippen molar-refractivity contribution in [1.29, 1.82) is 0 Å². The second-order valence-electron chi connectivity index (χ2n) is 3.93. The van der Waals surface area contributed by atoms with Gasteiger partial charge in [0.15, 0.2) is 0 Å². The van der Waals surface area contributed by atoms with Gasteiger partial charge in [-0.05, 0) is 45.3 Å². The second kappa shape index (κ2) is 6.42. The van der Waals surface area contributed by atoms with Crippen LogP contribution in [0.1, 0.15) is 41.0 Å². The first-order valence-electron chi connectivity index (χ1n) is 5.16. The van der Waals surface area contributed by atoms with Gasteiger partial charge >= 0.3 is 0 Å². The molecular formula is C14H22. The Balaban J connectivity index is 4.62. The molecule has 0 N–H and O–H groups in total. The molecule has 14 heavy (non-hydrogen) atoms. The molecule has 0 aromatic carbocycles.